The Balaban J connectivity index is 3.28. The Morgan fingerprint density at radius 1 is 1.43 bits per heavy atom. The summed E-state index contributed by atoms with van der Waals surface area (Å²) in [5.74, 6) is -0.543. The van der Waals surface area contributed by atoms with Gasteiger partial charge in [-0.25, -0.2) is 0 Å². The largest absolute Gasteiger partial charge is 0.365 e. The molecule has 0 spiro atoms. The zero-order chi connectivity index (χ0) is 10.9. The molecule has 0 atom stereocenters. The molecule has 0 unspecified atom stereocenters. The molecule has 1 amide bonds. The van der Waals surface area contributed by atoms with Crippen molar-refractivity contribution in [1.29, 1.82) is 0 Å². The van der Waals surface area contributed by atoms with Crippen LogP contribution in [-0.4, -0.2) is 11.1 Å². The van der Waals surface area contributed by atoms with Crippen molar-refractivity contribution in [3.63, 3.8) is 0 Å². The van der Waals surface area contributed by atoms with Crippen molar-refractivity contribution in [3.8, 4) is 0 Å². The van der Waals surface area contributed by atoms with E-state index in [1.54, 1.807) is 12.3 Å². The van der Waals surface area contributed by atoms with Gasteiger partial charge in [-0.3, -0.25) is 10.0 Å². The molecular formula is C10H15N2O2+. The first-order valence-corrected chi connectivity index (χ1v) is 4.36. The first-order valence-electron chi connectivity index (χ1n) is 4.36. The molecule has 4 heteroatoms. The maximum atomic E-state index is 10.9. The summed E-state index contributed by atoms with van der Waals surface area (Å²) in [5.41, 5.74) is 6.17. The van der Waals surface area contributed by atoms with Crippen molar-refractivity contribution in [2.75, 3.05) is 0 Å². The van der Waals surface area contributed by atoms with Crippen molar-refractivity contribution in [3.05, 3.63) is 29.6 Å². The predicted molar refractivity (Wildman–Crippen MR) is 51.0 cm³/mol. The quantitative estimate of drug-likeness (QED) is 0.509. The van der Waals surface area contributed by atoms with Gasteiger partial charge < -0.3 is 5.73 Å². The van der Waals surface area contributed by atoms with Crippen LogP contribution in [0, 0.1) is 0 Å². The molecule has 0 radical (unpaired) electrons. The van der Waals surface area contributed by atoms with Crippen LogP contribution >= 0.6 is 0 Å². The van der Waals surface area contributed by atoms with Crippen LogP contribution < -0.4 is 10.5 Å². The van der Waals surface area contributed by atoms with E-state index in [4.69, 9.17) is 5.73 Å². The number of nitrogens with zero attached hydrogens (tertiary/aromatic N) is 1. The van der Waals surface area contributed by atoms with E-state index in [9.17, 15) is 10.0 Å². The minimum atomic E-state index is -0.543. The van der Waals surface area contributed by atoms with E-state index in [1.165, 1.54) is 6.20 Å². The highest BCUT2D eigenvalue weighted by atomic mass is 16.5. The molecular weight excluding hydrogens is 180 g/mol. The fraction of sp³-hybridized carbons (Fsp3) is 0.400. The van der Waals surface area contributed by atoms with Gasteiger partial charge in [0, 0.05) is 10.3 Å². The number of aromatic nitrogens is 1. The van der Waals surface area contributed by atoms with Crippen LogP contribution in [0.15, 0.2) is 18.5 Å². The average Bonchev–Trinajstić information content (AvgIpc) is 2.01. The minimum absolute atomic E-state index is 0.129. The molecule has 3 N–H and O–H groups in total. The fourth-order valence-corrected chi connectivity index (χ4v) is 1.11. The lowest BCUT2D eigenvalue weighted by atomic mass is 9.87. The zero-order valence-corrected chi connectivity index (χ0v) is 8.61. The van der Waals surface area contributed by atoms with Crippen molar-refractivity contribution in [2.45, 2.75) is 26.2 Å². The van der Waals surface area contributed by atoms with Gasteiger partial charge in [0.15, 0.2) is 0 Å². The fourth-order valence-electron chi connectivity index (χ4n) is 1.11. The first-order chi connectivity index (χ1) is 6.30. The summed E-state index contributed by atoms with van der Waals surface area (Å²) in [6.07, 6.45) is 2.85. The zero-order valence-electron chi connectivity index (χ0n) is 8.61. The molecule has 1 aromatic rings. The molecule has 0 aliphatic heterocycles. The molecule has 0 aliphatic carbocycles. The van der Waals surface area contributed by atoms with Gasteiger partial charge in [0.25, 0.3) is 5.91 Å². The van der Waals surface area contributed by atoms with Crippen LogP contribution in [0.25, 0.3) is 0 Å². The molecule has 0 aliphatic rings. The topological polar surface area (TPSA) is 67.2 Å². The molecule has 1 rings (SSSR count). The van der Waals surface area contributed by atoms with Crippen LogP contribution in [0.3, 0.4) is 0 Å². The normalized spacial score (nSPS) is 11.4. The number of nitrogens with two attached hydrogens (primary N) is 1. The molecule has 1 heterocycles. The minimum Gasteiger partial charge on any atom is -0.365 e. The molecule has 14 heavy (non-hydrogen) atoms. The third kappa shape index (κ3) is 2.22. The van der Waals surface area contributed by atoms with Gasteiger partial charge >= 0.3 is 0 Å². The molecule has 76 valence electrons. The monoisotopic (exact) mass is 195 g/mol. The number of primary amides is 1. The summed E-state index contributed by atoms with van der Waals surface area (Å²) in [4.78, 5) is 10.9. The third-order valence-corrected chi connectivity index (χ3v) is 2.00. The summed E-state index contributed by atoms with van der Waals surface area (Å²) in [6.45, 7) is 5.98. The SMILES string of the molecule is CC(C)(C)c1cc(C(N)=O)c[n+](O)c1. The number of rotatable bonds is 1. The van der Waals surface area contributed by atoms with Crippen molar-refractivity contribution in [2.24, 2.45) is 5.73 Å². The highest BCUT2D eigenvalue weighted by Gasteiger charge is 2.20. The van der Waals surface area contributed by atoms with Crippen LogP contribution in [0.2, 0.25) is 0 Å². The van der Waals surface area contributed by atoms with Gasteiger partial charge in [0.2, 0.25) is 12.4 Å². The Morgan fingerprint density at radius 2 is 2.00 bits per heavy atom. The lowest BCUT2D eigenvalue weighted by Gasteiger charge is -2.16. The summed E-state index contributed by atoms with van der Waals surface area (Å²) >= 11 is 0. The van der Waals surface area contributed by atoms with E-state index in [-0.39, 0.29) is 5.41 Å². The standard InChI is InChI=1S/C10H14N2O2/c1-10(2,3)8-4-7(9(11)13)5-12(14)6-8/h4-6H,1-3H3,(H2-,11,13,14)/p+1. The van der Waals surface area contributed by atoms with E-state index in [2.05, 4.69) is 0 Å². The van der Waals surface area contributed by atoms with Crippen LogP contribution in [-0.2, 0) is 5.41 Å². The average molecular weight is 195 g/mol. The third-order valence-electron chi connectivity index (χ3n) is 2.00. The van der Waals surface area contributed by atoms with Gasteiger partial charge in [-0.1, -0.05) is 20.8 Å². The summed E-state index contributed by atoms with van der Waals surface area (Å²) in [7, 11) is 0. The Hall–Kier alpha value is -1.58. The Bertz CT molecular complexity index is 367. The molecule has 0 fully saturated rings. The smallest absolute Gasteiger partial charge is 0.254 e. The Kier molecular flexibility index (Phi) is 2.47. The number of amides is 1. The molecule has 0 saturated heterocycles. The van der Waals surface area contributed by atoms with Gasteiger partial charge in [-0.05, 0) is 11.5 Å². The van der Waals surface area contributed by atoms with Gasteiger partial charge in [0.05, 0.1) is 0 Å². The van der Waals surface area contributed by atoms with E-state index in [1.807, 2.05) is 20.8 Å². The number of carbonyl (C=O) groups excluding carboxylic acids is 1. The number of hydrogen-bond donors (Lipinski definition) is 2. The van der Waals surface area contributed by atoms with Gasteiger partial charge in [-0.2, -0.15) is 0 Å². The van der Waals surface area contributed by atoms with Crippen LogP contribution in [0.5, 0.6) is 0 Å². The highest BCUT2D eigenvalue weighted by molar-refractivity contribution is 5.92. The lowest BCUT2D eigenvalue weighted by molar-refractivity contribution is -0.905. The number of pyridine rings is 1. The first kappa shape index (κ1) is 10.5. The second-order valence-electron chi connectivity index (χ2n) is 4.31. The molecule has 4 nitrogen and oxygen atoms in total. The van der Waals surface area contributed by atoms with Gasteiger partial charge in [0.1, 0.15) is 5.56 Å². The predicted octanol–water partition coefficient (Wildman–Crippen LogP) is 0.608. The summed E-state index contributed by atoms with van der Waals surface area (Å²) in [5, 5.41) is 9.32. The maximum absolute atomic E-state index is 10.9. The second kappa shape index (κ2) is 3.29. The number of hydrogen-bond acceptors (Lipinski definition) is 2. The second-order valence-corrected chi connectivity index (χ2v) is 4.31. The van der Waals surface area contributed by atoms with E-state index in [0.29, 0.717) is 5.56 Å². The Labute approximate surface area is 82.9 Å². The Morgan fingerprint density at radius 3 is 2.43 bits per heavy atom. The number of carbonyl (C=O) groups is 1. The molecule has 0 saturated carbocycles. The van der Waals surface area contributed by atoms with Crippen molar-refractivity contribution >= 4 is 5.91 Å². The highest BCUT2D eigenvalue weighted by Crippen LogP contribution is 2.20. The van der Waals surface area contributed by atoms with Crippen LogP contribution in [0.1, 0.15) is 36.7 Å². The van der Waals surface area contributed by atoms with Crippen molar-refractivity contribution < 1.29 is 14.7 Å². The van der Waals surface area contributed by atoms with Crippen LogP contribution in [0.4, 0.5) is 0 Å². The maximum Gasteiger partial charge on any atom is 0.254 e. The van der Waals surface area contributed by atoms with Gasteiger partial charge in [-0.15, -0.1) is 0 Å². The summed E-state index contributed by atoms with van der Waals surface area (Å²) in [6, 6.07) is 1.69. The van der Waals surface area contributed by atoms with Crippen molar-refractivity contribution in [1.82, 2.24) is 0 Å². The van der Waals surface area contributed by atoms with E-state index >= 15 is 0 Å². The lowest BCUT2D eigenvalue weighted by Crippen LogP contribution is -2.34. The molecule has 0 bridgehead atoms. The van der Waals surface area contributed by atoms with E-state index in [0.717, 1.165) is 10.3 Å². The summed E-state index contributed by atoms with van der Waals surface area (Å²) < 4.78 is 0.862. The van der Waals surface area contributed by atoms with E-state index < -0.39 is 5.91 Å². The molecule has 0 aromatic carbocycles. The molecule has 1 aromatic heterocycles.